The molecule has 0 aliphatic heterocycles. The van der Waals surface area contributed by atoms with Gasteiger partial charge in [-0.25, -0.2) is 28.8 Å². The molecule has 0 unspecified atom stereocenters. The minimum absolute atomic E-state index is 0. The summed E-state index contributed by atoms with van der Waals surface area (Å²) in [5.74, 6) is -1.20. The van der Waals surface area contributed by atoms with Gasteiger partial charge in [-0.15, -0.1) is 0 Å². The standard InChI is InChI=1S/C33H56O8S2.C17H20O8.C8H18S.C4H8O2.CH2O3.2K.H/c1-5-9-11-13-15-17-21-42-23-19-31(36)40-27-33(25-38-29(34)7-3,26-39-30(35)8-4)28-41-32(37)20-24-43-22-18-16-14-12-10-6-2;1-5-13(18)22-9-17(10-23-14(19)6-2,11-24-15(20)7-3)12-25-16(21)8-4;1-2-3-4-5-6-7-8-9;1-3-6-4(2)5;2-1-4-3;;;/h7-8H,3-6,9-28H2,1-2H3;5-8H,1-4,9-12H2;9H,2-8H2,1H3;3H2,1-2H3;1,3H;;;/q;;;;;2*+1;-1/p-1. The van der Waals surface area contributed by atoms with Crippen molar-refractivity contribution in [3.63, 3.8) is 0 Å². The van der Waals surface area contributed by atoms with Gasteiger partial charge in [-0.05, 0) is 43.4 Å². The average Bonchev–Trinajstić information content (AvgIpc) is 3.74. The Kier molecular flexibility index (Phi) is 85.5. The van der Waals surface area contributed by atoms with E-state index in [1.165, 1.54) is 110 Å². The molecule has 0 heterocycles. The van der Waals surface area contributed by atoms with Crippen LogP contribution in [0.3, 0.4) is 0 Å². The SMILES string of the molecule is C=CC(=O)OCC(COC(=O)C=C)(COC(=O)C=C)COC(=O)C=C.C=CC(=O)OCC(COC(=O)C=C)(COC(=O)CCSCCCCCCCC)COC(=O)CCSCCCCCCCC.CCCCCCCCS.CCOC(C)=O.O=CO[O-].[H-].[K+].[K+]. The third kappa shape index (κ3) is 74.3. The van der Waals surface area contributed by atoms with Crippen molar-refractivity contribution in [1.29, 1.82) is 0 Å². The zero-order valence-corrected chi connectivity index (χ0v) is 63.4. The maximum atomic E-state index is 12.5. The average molecular weight is 1370 g/mol. The Hall–Kier alpha value is -2.58. The van der Waals surface area contributed by atoms with Crippen LogP contribution in [0.5, 0.6) is 0 Å². The van der Waals surface area contributed by atoms with Crippen molar-refractivity contribution in [1.82, 2.24) is 0 Å². The summed E-state index contributed by atoms with van der Waals surface area (Å²) in [6, 6.07) is 0. The third-order valence-electron chi connectivity index (χ3n) is 11.3. The van der Waals surface area contributed by atoms with Crippen LogP contribution in [0.1, 0.15) is 164 Å². The summed E-state index contributed by atoms with van der Waals surface area (Å²) in [6.07, 6.45) is 29.1. The molecule has 0 fully saturated rings. The third-order valence-corrected chi connectivity index (χ3v) is 13.7. The van der Waals surface area contributed by atoms with E-state index >= 15 is 0 Å². The number of thioether (sulfide) groups is 2. The number of thiol groups is 1. The number of ether oxygens (including phenoxy) is 9. The van der Waals surface area contributed by atoms with Gasteiger partial charge in [0.25, 0.3) is 6.47 Å². The van der Waals surface area contributed by atoms with Crippen LogP contribution in [0, 0.1) is 10.8 Å². The fourth-order valence-corrected chi connectivity index (χ4v) is 8.46. The Labute approximate surface area is 631 Å². The van der Waals surface area contributed by atoms with E-state index in [1.54, 1.807) is 30.4 Å². The van der Waals surface area contributed by atoms with Crippen LogP contribution in [-0.4, -0.2) is 148 Å². The molecule has 26 heteroatoms. The van der Waals surface area contributed by atoms with Gasteiger partial charge in [0.05, 0.1) is 19.4 Å². The molecule has 502 valence electrons. The maximum absolute atomic E-state index is 12.5. The zero-order chi connectivity index (χ0) is 66.7. The topological polar surface area (TPSA) is 286 Å². The second-order valence-corrected chi connectivity index (χ2v) is 22.0. The van der Waals surface area contributed by atoms with E-state index in [-0.39, 0.29) is 182 Å². The molecule has 0 saturated heterocycles. The van der Waals surface area contributed by atoms with Gasteiger partial charge < -0.3 is 54.2 Å². The molecule has 0 aliphatic rings. The van der Waals surface area contributed by atoms with Crippen LogP contribution < -0.4 is 108 Å². The first-order valence-electron chi connectivity index (χ1n) is 29.4. The molecule has 89 heavy (non-hydrogen) atoms. The van der Waals surface area contributed by atoms with Gasteiger partial charge in [0.2, 0.25) is 0 Å². The monoisotopic (exact) mass is 1370 g/mol. The number of carbonyl (C=O) groups excluding carboxylic acids is 10. The van der Waals surface area contributed by atoms with Crippen molar-refractivity contribution >= 4 is 96.3 Å². The first-order chi connectivity index (χ1) is 41.7. The van der Waals surface area contributed by atoms with Crippen molar-refractivity contribution in [3.8, 4) is 0 Å². The van der Waals surface area contributed by atoms with E-state index < -0.39 is 58.6 Å². The summed E-state index contributed by atoms with van der Waals surface area (Å²) in [6.45, 7) is 27.3. The second kappa shape index (κ2) is 76.1. The molecule has 0 amide bonds. The number of esters is 9. The summed E-state index contributed by atoms with van der Waals surface area (Å²) < 4.78 is 45.7. The Balaban J connectivity index is -0.000000199. The number of unbranched alkanes of at least 4 members (excludes halogenated alkanes) is 15. The normalized spacial score (nSPS) is 9.88. The molecule has 0 saturated carbocycles. The Morgan fingerprint density at radius 1 is 0.404 bits per heavy atom. The van der Waals surface area contributed by atoms with Crippen LogP contribution >= 0.6 is 36.2 Å². The number of carbonyl (C=O) groups is 10. The smallest absolute Gasteiger partial charge is 1.00 e. The molecule has 0 radical (unpaired) electrons. The van der Waals surface area contributed by atoms with Crippen LogP contribution in [0.15, 0.2) is 75.9 Å². The van der Waals surface area contributed by atoms with Crippen molar-refractivity contribution in [2.45, 2.75) is 163 Å². The minimum atomic E-state index is -1.34. The van der Waals surface area contributed by atoms with Gasteiger partial charge in [0.1, 0.15) is 63.7 Å². The van der Waals surface area contributed by atoms with Crippen molar-refractivity contribution < 1.29 is 205 Å². The number of rotatable bonds is 50. The molecule has 0 aromatic rings. The van der Waals surface area contributed by atoms with Crippen molar-refractivity contribution in [2.24, 2.45) is 10.8 Å². The summed E-state index contributed by atoms with van der Waals surface area (Å²) in [7, 11) is 0. The number of hydrogen-bond donors (Lipinski definition) is 1. The van der Waals surface area contributed by atoms with E-state index in [0.29, 0.717) is 18.1 Å². The van der Waals surface area contributed by atoms with Crippen molar-refractivity contribution in [2.75, 3.05) is 88.2 Å². The molecular formula is C63H104K2O21S3. The van der Waals surface area contributed by atoms with Gasteiger partial charge in [-0.1, -0.05) is 157 Å². The fraction of sp³-hybridized carbons (Fsp3) is 0.651. The summed E-state index contributed by atoms with van der Waals surface area (Å²) in [4.78, 5) is 115. The number of hydrogen-bond acceptors (Lipinski definition) is 24. The largest absolute Gasteiger partial charge is 1.00 e. The van der Waals surface area contributed by atoms with Gasteiger partial charge in [-0.3, -0.25) is 19.2 Å². The van der Waals surface area contributed by atoms with Crippen molar-refractivity contribution in [3.05, 3.63) is 75.9 Å². The molecule has 0 spiro atoms. The van der Waals surface area contributed by atoms with Crippen LogP contribution in [0.4, 0.5) is 0 Å². The van der Waals surface area contributed by atoms with E-state index in [9.17, 15) is 43.2 Å². The molecule has 0 aromatic heterocycles. The fourth-order valence-electron chi connectivity index (χ4n) is 6.39. The van der Waals surface area contributed by atoms with Gasteiger partial charge >= 0.3 is 156 Å². The molecular weight excluding hydrogens is 1270 g/mol. The predicted molar refractivity (Wildman–Crippen MR) is 342 cm³/mol. The first kappa shape index (κ1) is 100.0. The predicted octanol–water partition coefficient (Wildman–Crippen LogP) is 4.78. The molecule has 0 aliphatic carbocycles. The van der Waals surface area contributed by atoms with E-state index in [1.807, 2.05) is 0 Å². The van der Waals surface area contributed by atoms with E-state index in [0.717, 1.165) is 66.6 Å². The van der Waals surface area contributed by atoms with Gasteiger partial charge in [0, 0.05) is 54.9 Å². The summed E-state index contributed by atoms with van der Waals surface area (Å²) in [5, 5.41) is 8.43. The van der Waals surface area contributed by atoms with Gasteiger partial charge in [-0.2, -0.15) is 36.2 Å². The minimum Gasteiger partial charge on any atom is -1.00 e. The Morgan fingerprint density at radius 3 is 0.843 bits per heavy atom. The molecule has 0 N–H and O–H groups in total. The summed E-state index contributed by atoms with van der Waals surface area (Å²) >= 11 is 7.57. The van der Waals surface area contributed by atoms with Crippen LogP contribution in [0.25, 0.3) is 0 Å². The van der Waals surface area contributed by atoms with E-state index in [2.05, 4.69) is 82.5 Å². The summed E-state index contributed by atoms with van der Waals surface area (Å²) in [5.41, 5.74) is -2.62. The van der Waals surface area contributed by atoms with Gasteiger partial charge in [0.15, 0.2) is 0 Å². The van der Waals surface area contributed by atoms with Crippen LogP contribution in [-0.2, 0) is 95.5 Å². The van der Waals surface area contributed by atoms with E-state index in [4.69, 9.17) is 47.9 Å². The molecule has 0 aromatic carbocycles. The zero-order valence-electron chi connectivity index (χ0n) is 55.7. The Bertz CT molecular complexity index is 1760. The second-order valence-electron chi connectivity index (χ2n) is 19.1. The quantitative estimate of drug-likeness (QED) is 0.00987. The molecule has 21 nitrogen and oxygen atoms in total. The molecule has 0 rings (SSSR count). The maximum Gasteiger partial charge on any atom is 1.00 e. The first-order valence-corrected chi connectivity index (χ1v) is 32.4. The Morgan fingerprint density at radius 2 is 0.640 bits per heavy atom. The van der Waals surface area contributed by atoms with Crippen LogP contribution in [0.2, 0.25) is 0 Å². The molecule has 0 bridgehead atoms. The molecule has 0 atom stereocenters.